The van der Waals surface area contributed by atoms with Crippen molar-refractivity contribution in [3.63, 3.8) is 0 Å². The van der Waals surface area contributed by atoms with E-state index in [1.165, 1.54) is 12.1 Å². The lowest BCUT2D eigenvalue weighted by molar-refractivity contribution is 0.0697. The molecule has 126 valence electrons. The van der Waals surface area contributed by atoms with Crippen LogP contribution in [0.3, 0.4) is 0 Å². The highest BCUT2D eigenvalue weighted by molar-refractivity contribution is 5.89. The topological polar surface area (TPSA) is 59.4 Å². The standard InChI is InChI=1S/C20H16FNO3/c1-13-16(17-11-15(20(23)24)7-9-18(17)21)8-10-19(22-13)25-12-14-5-3-2-4-6-14/h2-11H,12H2,1H3,(H,23,24). The second-order valence-electron chi connectivity index (χ2n) is 5.56. The molecule has 25 heavy (non-hydrogen) atoms. The van der Waals surface area contributed by atoms with Gasteiger partial charge in [-0.15, -0.1) is 0 Å². The van der Waals surface area contributed by atoms with E-state index in [4.69, 9.17) is 9.84 Å². The quantitative estimate of drug-likeness (QED) is 0.746. The summed E-state index contributed by atoms with van der Waals surface area (Å²) in [6, 6.07) is 16.7. The van der Waals surface area contributed by atoms with Crippen LogP contribution in [0, 0.1) is 12.7 Å². The first-order chi connectivity index (χ1) is 12.0. The van der Waals surface area contributed by atoms with Crippen LogP contribution in [0.15, 0.2) is 60.7 Å². The van der Waals surface area contributed by atoms with Crippen molar-refractivity contribution in [1.82, 2.24) is 4.98 Å². The minimum atomic E-state index is -1.10. The van der Waals surface area contributed by atoms with Crippen LogP contribution >= 0.6 is 0 Å². The summed E-state index contributed by atoms with van der Waals surface area (Å²) in [5.41, 5.74) is 2.35. The van der Waals surface area contributed by atoms with Crippen LogP contribution < -0.4 is 4.74 Å². The van der Waals surface area contributed by atoms with Crippen LogP contribution in [0.4, 0.5) is 4.39 Å². The first kappa shape index (κ1) is 16.6. The van der Waals surface area contributed by atoms with Crippen molar-refractivity contribution in [2.45, 2.75) is 13.5 Å². The van der Waals surface area contributed by atoms with Crippen molar-refractivity contribution >= 4 is 5.97 Å². The van der Waals surface area contributed by atoms with Crippen molar-refractivity contribution < 1.29 is 19.0 Å². The Morgan fingerprint density at radius 3 is 2.52 bits per heavy atom. The van der Waals surface area contributed by atoms with Gasteiger partial charge >= 0.3 is 5.97 Å². The van der Waals surface area contributed by atoms with Gasteiger partial charge in [-0.25, -0.2) is 14.2 Å². The van der Waals surface area contributed by atoms with Gasteiger partial charge in [0.2, 0.25) is 5.88 Å². The number of aromatic nitrogens is 1. The minimum Gasteiger partial charge on any atom is -0.478 e. The summed E-state index contributed by atoms with van der Waals surface area (Å²) in [7, 11) is 0. The lowest BCUT2D eigenvalue weighted by Crippen LogP contribution is -2.01. The van der Waals surface area contributed by atoms with Crippen LogP contribution in [0.5, 0.6) is 5.88 Å². The summed E-state index contributed by atoms with van der Waals surface area (Å²) >= 11 is 0. The molecular formula is C20H16FNO3. The third kappa shape index (κ3) is 3.83. The number of carbonyl (C=O) groups is 1. The lowest BCUT2D eigenvalue weighted by Gasteiger charge is -2.11. The molecule has 0 amide bonds. The number of hydrogen-bond donors (Lipinski definition) is 1. The number of aromatic carboxylic acids is 1. The predicted octanol–water partition coefficient (Wildman–Crippen LogP) is 4.47. The molecule has 1 N–H and O–H groups in total. The monoisotopic (exact) mass is 337 g/mol. The molecule has 3 rings (SSSR count). The van der Waals surface area contributed by atoms with Gasteiger partial charge in [-0.1, -0.05) is 30.3 Å². The van der Waals surface area contributed by atoms with Gasteiger partial charge in [-0.3, -0.25) is 0 Å². The summed E-state index contributed by atoms with van der Waals surface area (Å²) in [6.07, 6.45) is 0. The van der Waals surface area contributed by atoms with Crippen molar-refractivity contribution in [3.8, 4) is 17.0 Å². The SMILES string of the molecule is Cc1nc(OCc2ccccc2)ccc1-c1cc(C(=O)O)ccc1F. The highest BCUT2D eigenvalue weighted by atomic mass is 19.1. The van der Waals surface area contributed by atoms with E-state index in [1.54, 1.807) is 19.1 Å². The van der Waals surface area contributed by atoms with Gasteiger partial charge in [0.05, 0.1) is 5.56 Å². The maximum Gasteiger partial charge on any atom is 0.335 e. The zero-order valence-corrected chi connectivity index (χ0v) is 13.6. The normalized spacial score (nSPS) is 10.5. The Labute approximate surface area is 144 Å². The Morgan fingerprint density at radius 2 is 1.84 bits per heavy atom. The first-order valence-corrected chi connectivity index (χ1v) is 7.72. The average Bonchev–Trinajstić information content (AvgIpc) is 2.61. The zero-order chi connectivity index (χ0) is 17.8. The summed E-state index contributed by atoms with van der Waals surface area (Å²) < 4.78 is 19.8. The van der Waals surface area contributed by atoms with Gasteiger partial charge in [0, 0.05) is 22.9 Å². The Bertz CT molecular complexity index is 910. The molecule has 0 aliphatic heterocycles. The van der Waals surface area contributed by atoms with E-state index in [1.807, 2.05) is 30.3 Å². The molecule has 0 aliphatic carbocycles. The summed E-state index contributed by atoms with van der Waals surface area (Å²) in [6.45, 7) is 2.12. The molecule has 0 atom stereocenters. The van der Waals surface area contributed by atoms with Gasteiger partial charge < -0.3 is 9.84 Å². The van der Waals surface area contributed by atoms with Gasteiger partial charge in [-0.05, 0) is 36.8 Å². The Kier molecular flexibility index (Phi) is 4.75. The van der Waals surface area contributed by atoms with Crippen molar-refractivity contribution in [3.05, 3.63) is 83.3 Å². The van der Waals surface area contributed by atoms with Crippen molar-refractivity contribution in [1.29, 1.82) is 0 Å². The van der Waals surface area contributed by atoms with Gasteiger partial charge in [-0.2, -0.15) is 0 Å². The molecule has 5 heteroatoms. The van der Waals surface area contributed by atoms with Crippen LogP contribution in [0.1, 0.15) is 21.6 Å². The molecule has 1 aromatic heterocycles. The number of nitrogens with zero attached hydrogens (tertiary/aromatic N) is 1. The van der Waals surface area contributed by atoms with Gasteiger partial charge in [0.1, 0.15) is 12.4 Å². The minimum absolute atomic E-state index is 0.0280. The number of aryl methyl sites for hydroxylation is 1. The van der Waals surface area contributed by atoms with Crippen LogP contribution in [-0.2, 0) is 6.61 Å². The number of benzene rings is 2. The Hall–Kier alpha value is -3.21. The largest absolute Gasteiger partial charge is 0.478 e. The molecule has 0 spiro atoms. The number of rotatable bonds is 5. The molecule has 0 saturated heterocycles. The smallest absolute Gasteiger partial charge is 0.335 e. The molecule has 0 bridgehead atoms. The number of hydrogen-bond acceptors (Lipinski definition) is 3. The predicted molar refractivity (Wildman–Crippen MR) is 92.1 cm³/mol. The zero-order valence-electron chi connectivity index (χ0n) is 13.6. The highest BCUT2D eigenvalue weighted by Gasteiger charge is 2.13. The van der Waals surface area contributed by atoms with E-state index in [9.17, 15) is 9.18 Å². The van der Waals surface area contributed by atoms with E-state index < -0.39 is 11.8 Å². The third-order valence-electron chi connectivity index (χ3n) is 3.79. The Balaban J connectivity index is 1.85. The molecule has 1 heterocycles. The Morgan fingerprint density at radius 1 is 1.08 bits per heavy atom. The van der Waals surface area contributed by atoms with Crippen LogP contribution in [0.25, 0.3) is 11.1 Å². The maximum atomic E-state index is 14.1. The molecule has 0 unspecified atom stereocenters. The fourth-order valence-electron chi connectivity index (χ4n) is 2.50. The average molecular weight is 337 g/mol. The molecule has 4 nitrogen and oxygen atoms in total. The lowest BCUT2D eigenvalue weighted by atomic mass is 10.0. The molecule has 0 aliphatic rings. The van der Waals surface area contributed by atoms with Gasteiger partial charge in [0.15, 0.2) is 0 Å². The van der Waals surface area contributed by atoms with E-state index in [0.717, 1.165) is 11.6 Å². The van der Waals surface area contributed by atoms with Crippen molar-refractivity contribution in [2.75, 3.05) is 0 Å². The molecule has 0 radical (unpaired) electrons. The highest BCUT2D eigenvalue weighted by Crippen LogP contribution is 2.28. The number of carboxylic acid groups (broad SMARTS) is 1. The van der Waals surface area contributed by atoms with E-state index in [-0.39, 0.29) is 11.1 Å². The number of ether oxygens (including phenoxy) is 1. The third-order valence-corrected chi connectivity index (χ3v) is 3.79. The van der Waals surface area contributed by atoms with E-state index in [2.05, 4.69) is 4.98 Å². The van der Waals surface area contributed by atoms with Crippen LogP contribution in [-0.4, -0.2) is 16.1 Å². The molecular weight excluding hydrogens is 321 g/mol. The van der Waals surface area contributed by atoms with Crippen LogP contribution in [0.2, 0.25) is 0 Å². The molecule has 0 fully saturated rings. The molecule has 0 saturated carbocycles. The fourth-order valence-corrected chi connectivity index (χ4v) is 2.50. The fraction of sp³-hybridized carbons (Fsp3) is 0.100. The molecule has 2 aromatic carbocycles. The maximum absolute atomic E-state index is 14.1. The first-order valence-electron chi connectivity index (χ1n) is 7.72. The van der Waals surface area contributed by atoms with Gasteiger partial charge in [0.25, 0.3) is 0 Å². The number of carboxylic acids is 1. The summed E-state index contributed by atoms with van der Waals surface area (Å²) in [4.78, 5) is 15.4. The second-order valence-corrected chi connectivity index (χ2v) is 5.56. The number of pyridine rings is 1. The summed E-state index contributed by atoms with van der Waals surface area (Å²) in [5.74, 6) is -1.16. The summed E-state index contributed by atoms with van der Waals surface area (Å²) in [5, 5.41) is 9.08. The molecule has 3 aromatic rings. The number of halogens is 1. The van der Waals surface area contributed by atoms with E-state index >= 15 is 0 Å². The second kappa shape index (κ2) is 7.13. The van der Waals surface area contributed by atoms with E-state index in [0.29, 0.717) is 23.7 Å². The van der Waals surface area contributed by atoms with Crippen molar-refractivity contribution in [2.24, 2.45) is 0 Å².